The van der Waals surface area contributed by atoms with Crippen LogP contribution in [0.1, 0.15) is 77.8 Å². The second-order valence-electron chi connectivity index (χ2n) is 16.3. The summed E-state index contributed by atoms with van der Waals surface area (Å²) in [5.74, 6) is -8.80. The number of H-pyrrole nitrogens is 1. The summed E-state index contributed by atoms with van der Waals surface area (Å²) in [6, 6.07) is -10.4. The molecule has 0 aromatic carbocycles. The summed E-state index contributed by atoms with van der Waals surface area (Å²) in [5.41, 5.74) is 16.4. The summed E-state index contributed by atoms with van der Waals surface area (Å²) < 4.78 is 0. The summed E-state index contributed by atoms with van der Waals surface area (Å²) in [6.07, 6.45) is 2.35. The van der Waals surface area contributed by atoms with Gasteiger partial charge >= 0.3 is 5.97 Å². The molecule has 2 fully saturated rings. The van der Waals surface area contributed by atoms with E-state index in [1.165, 1.54) is 19.4 Å². The Labute approximate surface area is 374 Å². The highest BCUT2D eigenvalue weighted by atomic mass is 16.4. The average molecular weight is 921 g/mol. The Morgan fingerprint density at radius 1 is 0.815 bits per heavy atom. The van der Waals surface area contributed by atoms with Crippen LogP contribution in [0.25, 0.3) is 0 Å². The lowest BCUT2D eigenvalue weighted by Crippen LogP contribution is -2.62. The van der Waals surface area contributed by atoms with Gasteiger partial charge < -0.3 is 79.6 Å². The van der Waals surface area contributed by atoms with E-state index in [0.29, 0.717) is 25.1 Å². The van der Waals surface area contributed by atoms with Crippen molar-refractivity contribution in [3.63, 3.8) is 0 Å². The SMILES string of the molecule is CC(C)[C@H](NC(=O)[C@H](Cc1cnc[nH]1)NC(=O)[C@@H](NC(=O)[C@@H]1CCCN1)[C@@H](C)O)C(=O)N[C@@H](CCCN=C(N)N)C(=O)N[C@@H](CO)C(=O)N1CCC[C@H]1C(=O)N[C@@H](CCC(N)=O)C(=O)O. The molecule has 3 heterocycles. The number of amides is 8. The minimum absolute atomic E-state index is 0.0187. The number of nitrogens with zero attached hydrogens (tertiary/aromatic N) is 3. The van der Waals surface area contributed by atoms with Gasteiger partial charge in [0.15, 0.2) is 5.96 Å². The molecule has 2 saturated heterocycles. The monoisotopic (exact) mass is 920 g/mol. The predicted octanol–water partition coefficient (Wildman–Crippen LogP) is -5.96. The Morgan fingerprint density at radius 2 is 1.48 bits per heavy atom. The number of guanidine groups is 1. The van der Waals surface area contributed by atoms with Crippen LogP contribution >= 0.6 is 0 Å². The Bertz CT molecular complexity index is 1850. The lowest BCUT2D eigenvalue weighted by atomic mass is 10.0. The van der Waals surface area contributed by atoms with E-state index >= 15 is 0 Å². The zero-order valence-corrected chi connectivity index (χ0v) is 36.7. The van der Waals surface area contributed by atoms with Crippen LogP contribution in [0.3, 0.4) is 0 Å². The molecule has 65 heavy (non-hydrogen) atoms. The molecule has 0 bridgehead atoms. The highest BCUT2D eigenvalue weighted by molar-refractivity contribution is 5.98. The maximum Gasteiger partial charge on any atom is 0.326 e. The number of primary amides is 1. The van der Waals surface area contributed by atoms with Crippen molar-refractivity contribution in [3.8, 4) is 0 Å². The third-order valence-corrected chi connectivity index (χ3v) is 10.8. The lowest BCUT2D eigenvalue weighted by molar-refractivity contribution is -0.145. The van der Waals surface area contributed by atoms with Crippen LogP contribution in [-0.4, -0.2) is 170 Å². The molecule has 2 aliphatic rings. The number of likely N-dealkylation sites (tertiary alicyclic amines) is 1. The molecule has 26 nitrogen and oxygen atoms in total. The molecule has 0 unspecified atom stereocenters. The number of imidazole rings is 1. The van der Waals surface area contributed by atoms with Gasteiger partial charge in [-0.15, -0.1) is 0 Å². The van der Waals surface area contributed by atoms with Crippen molar-refractivity contribution in [2.24, 2.45) is 28.1 Å². The van der Waals surface area contributed by atoms with Gasteiger partial charge in [0.2, 0.25) is 47.3 Å². The van der Waals surface area contributed by atoms with E-state index in [4.69, 9.17) is 17.2 Å². The quantitative estimate of drug-likeness (QED) is 0.0234. The summed E-state index contributed by atoms with van der Waals surface area (Å²) in [4.78, 5) is 130. The smallest absolute Gasteiger partial charge is 0.326 e. The fourth-order valence-corrected chi connectivity index (χ4v) is 7.25. The zero-order chi connectivity index (χ0) is 48.4. The molecule has 26 heteroatoms. The maximum absolute atomic E-state index is 14.0. The van der Waals surface area contributed by atoms with Crippen molar-refractivity contribution in [1.29, 1.82) is 0 Å². The first-order chi connectivity index (χ1) is 30.7. The molecule has 362 valence electrons. The number of aliphatic carboxylic acids is 1. The first-order valence-corrected chi connectivity index (χ1v) is 21.4. The number of rotatable bonds is 26. The lowest BCUT2D eigenvalue weighted by Gasteiger charge is -2.30. The molecule has 1 aromatic heterocycles. The van der Waals surface area contributed by atoms with Gasteiger partial charge in [0.05, 0.1) is 25.1 Å². The van der Waals surface area contributed by atoms with E-state index in [2.05, 4.69) is 52.2 Å². The van der Waals surface area contributed by atoms with Crippen molar-refractivity contribution in [3.05, 3.63) is 18.2 Å². The Balaban J connectivity index is 1.80. The topological polar surface area (TPSA) is 421 Å². The molecule has 3 rings (SSSR count). The van der Waals surface area contributed by atoms with Crippen LogP contribution in [0.15, 0.2) is 17.5 Å². The Morgan fingerprint density at radius 3 is 2.05 bits per heavy atom. The van der Waals surface area contributed by atoms with E-state index in [1.54, 1.807) is 13.8 Å². The fraction of sp³-hybridized carbons (Fsp3) is 0.667. The van der Waals surface area contributed by atoms with Crippen molar-refractivity contribution in [2.75, 3.05) is 26.2 Å². The van der Waals surface area contributed by atoms with Crippen LogP contribution in [-0.2, 0) is 49.6 Å². The Hall–Kier alpha value is -6.41. The first kappa shape index (κ1) is 52.9. The summed E-state index contributed by atoms with van der Waals surface area (Å²) >= 11 is 0. The number of carbonyl (C=O) groups excluding carboxylic acids is 8. The highest BCUT2D eigenvalue weighted by Gasteiger charge is 2.40. The average Bonchev–Trinajstić information content (AvgIpc) is 4.07. The van der Waals surface area contributed by atoms with Crippen LogP contribution in [0.2, 0.25) is 0 Å². The van der Waals surface area contributed by atoms with Gasteiger partial charge in [-0.05, 0) is 64.3 Å². The second kappa shape index (κ2) is 25.8. The fourth-order valence-electron chi connectivity index (χ4n) is 7.25. The number of carbonyl (C=O) groups is 9. The molecule has 0 saturated carbocycles. The van der Waals surface area contributed by atoms with Crippen LogP contribution in [0, 0.1) is 5.92 Å². The minimum atomic E-state index is -1.63. The van der Waals surface area contributed by atoms with Gasteiger partial charge in [-0.3, -0.25) is 43.3 Å². The van der Waals surface area contributed by atoms with Gasteiger partial charge in [0.25, 0.3) is 0 Å². The first-order valence-electron chi connectivity index (χ1n) is 21.4. The van der Waals surface area contributed by atoms with E-state index in [0.717, 1.165) is 11.3 Å². The Kier molecular flexibility index (Phi) is 21.0. The number of aromatic amines is 1. The van der Waals surface area contributed by atoms with Crippen molar-refractivity contribution < 1.29 is 58.5 Å². The van der Waals surface area contributed by atoms with Crippen molar-refractivity contribution in [1.82, 2.24) is 52.1 Å². The maximum atomic E-state index is 14.0. The third kappa shape index (κ3) is 16.6. The third-order valence-electron chi connectivity index (χ3n) is 10.8. The van der Waals surface area contributed by atoms with Gasteiger partial charge in [-0.2, -0.15) is 0 Å². The zero-order valence-electron chi connectivity index (χ0n) is 36.7. The number of aromatic nitrogens is 2. The molecule has 0 aliphatic carbocycles. The molecule has 2 aliphatic heterocycles. The molecular weight excluding hydrogens is 857 g/mol. The molecule has 9 atom stereocenters. The van der Waals surface area contributed by atoms with E-state index in [-0.39, 0.29) is 57.6 Å². The van der Waals surface area contributed by atoms with Crippen LogP contribution < -0.4 is 54.4 Å². The summed E-state index contributed by atoms with van der Waals surface area (Å²) in [6.45, 7) is 4.23. The van der Waals surface area contributed by atoms with Crippen LogP contribution in [0.4, 0.5) is 0 Å². The molecule has 1 aromatic rings. The summed E-state index contributed by atoms with van der Waals surface area (Å²) in [5, 5.41) is 48.4. The van der Waals surface area contributed by atoms with Crippen LogP contribution in [0.5, 0.6) is 0 Å². The number of aliphatic hydroxyl groups excluding tert-OH is 2. The molecule has 17 N–H and O–H groups in total. The molecular formula is C39H64N14O12. The van der Waals surface area contributed by atoms with E-state index in [1.807, 2.05) is 0 Å². The number of nitrogens with one attached hydrogen (secondary N) is 8. The number of aliphatic imine (C=N–C) groups is 1. The number of hydrogen-bond acceptors (Lipinski definition) is 14. The largest absolute Gasteiger partial charge is 0.480 e. The number of carboxylic acids is 1. The van der Waals surface area contributed by atoms with Crippen molar-refractivity contribution >= 4 is 59.2 Å². The van der Waals surface area contributed by atoms with E-state index < -0.39 is 120 Å². The highest BCUT2D eigenvalue weighted by Crippen LogP contribution is 2.20. The number of aliphatic hydroxyl groups is 2. The van der Waals surface area contributed by atoms with Crippen molar-refractivity contribution in [2.45, 2.75) is 133 Å². The summed E-state index contributed by atoms with van der Waals surface area (Å²) in [7, 11) is 0. The normalized spacial score (nSPS) is 19.0. The van der Waals surface area contributed by atoms with E-state index in [9.17, 15) is 58.5 Å². The number of carboxylic acid groups (broad SMARTS) is 1. The van der Waals surface area contributed by atoms with Gasteiger partial charge in [0.1, 0.15) is 42.3 Å². The number of hydrogen-bond donors (Lipinski definition) is 14. The molecule has 0 radical (unpaired) electrons. The second-order valence-corrected chi connectivity index (χ2v) is 16.3. The van der Waals surface area contributed by atoms with Gasteiger partial charge in [-0.25, -0.2) is 9.78 Å². The van der Waals surface area contributed by atoms with Gasteiger partial charge in [-0.1, -0.05) is 13.8 Å². The standard InChI is InChI=1S/C39H64N14O12/c1-19(2)29(51-33(59)25(15-21-16-43-18-46-21)49-36(62)30(20(3)55)52-31(57)22-7-4-12-44-22)35(61)47-23(8-5-13-45-39(41)42)32(58)50-26(17-54)37(63)53-14-6-9-27(53)34(60)48-24(38(64)65)10-11-28(40)56/h16,18-20,22-27,29-30,44,54-55H,4-15,17H2,1-3H3,(H2,40,56)(H,43,46)(H,47,61)(H,48,60)(H,49,62)(H,50,58)(H,51,59)(H,52,57)(H,64,65)(H4,41,42,45)/t20-,22+,23+,24+,25+,26+,27+,29+,30+/m1/s1. The molecule has 8 amide bonds. The predicted molar refractivity (Wildman–Crippen MR) is 229 cm³/mol. The number of nitrogens with two attached hydrogens (primary N) is 3. The minimum Gasteiger partial charge on any atom is -0.480 e. The van der Waals surface area contributed by atoms with Gasteiger partial charge in [0, 0.05) is 37.8 Å². The molecule has 0 spiro atoms.